The molecule has 6 rings (SSSR count). The van der Waals surface area contributed by atoms with Crippen LogP contribution in [-0.2, 0) is 6.42 Å². The molecule has 5 nitrogen and oxygen atoms in total. The van der Waals surface area contributed by atoms with Gasteiger partial charge in [-0.2, -0.15) is 0 Å². The molecule has 1 aliphatic carbocycles. The molecule has 2 aromatic carbocycles. The van der Waals surface area contributed by atoms with Crippen molar-refractivity contribution in [2.45, 2.75) is 38.1 Å². The summed E-state index contributed by atoms with van der Waals surface area (Å²) in [6, 6.07) is 8.87. The van der Waals surface area contributed by atoms with E-state index in [9.17, 15) is 0 Å². The van der Waals surface area contributed by atoms with Crippen molar-refractivity contribution in [3.8, 4) is 23.0 Å². The summed E-state index contributed by atoms with van der Waals surface area (Å²) in [7, 11) is 3.48. The molecule has 0 unspecified atom stereocenters. The number of ether oxygens (including phenoxy) is 4. The molecule has 1 fully saturated rings. The first kappa shape index (κ1) is 18.0. The zero-order chi connectivity index (χ0) is 20.2. The van der Waals surface area contributed by atoms with E-state index in [1.54, 1.807) is 14.2 Å². The lowest BCUT2D eigenvalue weighted by Gasteiger charge is -2.46. The molecule has 5 heteroatoms. The van der Waals surface area contributed by atoms with Crippen molar-refractivity contribution in [1.29, 1.82) is 0 Å². The fourth-order valence-electron chi connectivity index (χ4n) is 5.86. The number of nitrogens with zero attached hydrogens (tertiary/aromatic N) is 1. The Balaban J connectivity index is 1.56. The highest BCUT2D eigenvalue weighted by Gasteiger charge is 2.41. The van der Waals surface area contributed by atoms with Gasteiger partial charge >= 0.3 is 0 Å². The standard InChI is InChI=1S/C25H27NO4/c1-27-20-8-7-17-11-19-18-13-22-21(29-14-30-22)12-16(18)9-10-26(19)24(15-5-3-4-6-15)23(17)25(20)28-2/h7-8,11-13,15,24H,3-6,9-10,14H2,1-2H3/t24-/m0/s1. The second-order valence-electron chi connectivity index (χ2n) is 8.63. The first-order valence-electron chi connectivity index (χ1n) is 10.9. The molecule has 0 N–H and O–H groups in total. The van der Waals surface area contributed by atoms with Crippen molar-refractivity contribution in [3.63, 3.8) is 0 Å². The lowest BCUT2D eigenvalue weighted by Crippen LogP contribution is -2.38. The van der Waals surface area contributed by atoms with Gasteiger partial charge in [-0.25, -0.2) is 0 Å². The van der Waals surface area contributed by atoms with Crippen LogP contribution in [0.2, 0.25) is 0 Å². The molecule has 156 valence electrons. The summed E-state index contributed by atoms with van der Waals surface area (Å²) < 4.78 is 22.9. The van der Waals surface area contributed by atoms with E-state index in [4.69, 9.17) is 18.9 Å². The number of rotatable bonds is 3. The Bertz CT molecular complexity index is 1040. The third-order valence-corrected chi connectivity index (χ3v) is 7.19. The third-order valence-electron chi connectivity index (χ3n) is 7.19. The van der Waals surface area contributed by atoms with Gasteiger partial charge in [0.05, 0.1) is 20.3 Å². The monoisotopic (exact) mass is 405 g/mol. The number of hydrogen-bond donors (Lipinski definition) is 0. The highest BCUT2D eigenvalue weighted by Crippen LogP contribution is 2.54. The maximum atomic E-state index is 5.92. The first-order chi connectivity index (χ1) is 14.8. The van der Waals surface area contributed by atoms with Crippen LogP contribution in [0.5, 0.6) is 23.0 Å². The van der Waals surface area contributed by atoms with Gasteiger partial charge in [0.25, 0.3) is 0 Å². The van der Waals surface area contributed by atoms with Crippen LogP contribution in [0, 0.1) is 5.92 Å². The summed E-state index contributed by atoms with van der Waals surface area (Å²) >= 11 is 0. The lowest BCUT2D eigenvalue weighted by atomic mass is 9.80. The maximum Gasteiger partial charge on any atom is 0.231 e. The molecule has 0 bridgehead atoms. The fourth-order valence-corrected chi connectivity index (χ4v) is 5.86. The van der Waals surface area contributed by atoms with Crippen molar-refractivity contribution >= 4 is 11.8 Å². The molecular weight excluding hydrogens is 378 g/mol. The molecule has 0 amide bonds. The zero-order valence-electron chi connectivity index (χ0n) is 17.6. The van der Waals surface area contributed by atoms with E-state index >= 15 is 0 Å². The van der Waals surface area contributed by atoms with Crippen molar-refractivity contribution in [2.75, 3.05) is 27.6 Å². The zero-order valence-corrected chi connectivity index (χ0v) is 17.6. The van der Waals surface area contributed by atoms with E-state index in [1.807, 2.05) is 6.07 Å². The van der Waals surface area contributed by atoms with Gasteiger partial charge in [0.15, 0.2) is 23.0 Å². The molecule has 0 aromatic heterocycles. The molecule has 4 aliphatic rings. The topological polar surface area (TPSA) is 40.2 Å². The van der Waals surface area contributed by atoms with Crippen molar-refractivity contribution in [3.05, 3.63) is 46.5 Å². The lowest BCUT2D eigenvalue weighted by molar-refractivity contribution is 0.174. The Kier molecular flexibility index (Phi) is 4.12. The Morgan fingerprint density at radius 2 is 1.80 bits per heavy atom. The number of benzene rings is 2. The van der Waals surface area contributed by atoms with E-state index in [0.717, 1.165) is 36.0 Å². The van der Waals surface area contributed by atoms with Crippen molar-refractivity contribution in [2.24, 2.45) is 5.92 Å². The summed E-state index contributed by atoms with van der Waals surface area (Å²) in [6.45, 7) is 1.31. The van der Waals surface area contributed by atoms with E-state index in [1.165, 1.54) is 53.6 Å². The van der Waals surface area contributed by atoms with Crippen LogP contribution in [0.1, 0.15) is 54.0 Å². The maximum absolute atomic E-state index is 5.92. The Labute approximate surface area is 177 Å². The smallest absolute Gasteiger partial charge is 0.231 e. The van der Waals surface area contributed by atoms with Crippen LogP contribution in [0.25, 0.3) is 11.8 Å². The molecule has 0 radical (unpaired) electrons. The molecule has 30 heavy (non-hydrogen) atoms. The molecule has 2 aromatic rings. The van der Waals surface area contributed by atoms with Crippen LogP contribution in [0.15, 0.2) is 24.3 Å². The minimum absolute atomic E-state index is 0.311. The molecule has 1 atom stereocenters. The molecule has 0 spiro atoms. The summed E-state index contributed by atoms with van der Waals surface area (Å²) in [5, 5.41) is 0. The first-order valence-corrected chi connectivity index (χ1v) is 10.9. The highest BCUT2D eigenvalue weighted by molar-refractivity contribution is 5.88. The Morgan fingerprint density at radius 1 is 1.00 bits per heavy atom. The van der Waals surface area contributed by atoms with Crippen LogP contribution < -0.4 is 18.9 Å². The van der Waals surface area contributed by atoms with Gasteiger partial charge in [-0.3, -0.25) is 0 Å². The average Bonchev–Trinajstić information content (AvgIpc) is 3.47. The van der Waals surface area contributed by atoms with Crippen LogP contribution in [0.3, 0.4) is 0 Å². The molecular formula is C25H27NO4. The van der Waals surface area contributed by atoms with E-state index in [0.29, 0.717) is 18.8 Å². The highest BCUT2D eigenvalue weighted by atomic mass is 16.7. The predicted octanol–water partition coefficient (Wildman–Crippen LogP) is 5.03. The Hall–Kier alpha value is -2.82. The minimum Gasteiger partial charge on any atom is -0.493 e. The molecule has 3 aliphatic heterocycles. The molecule has 3 heterocycles. The van der Waals surface area contributed by atoms with Gasteiger partial charge in [-0.15, -0.1) is 0 Å². The van der Waals surface area contributed by atoms with E-state index in [2.05, 4.69) is 29.2 Å². The predicted molar refractivity (Wildman–Crippen MR) is 115 cm³/mol. The summed E-state index contributed by atoms with van der Waals surface area (Å²) in [5.74, 6) is 4.06. The fraction of sp³-hybridized carbons (Fsp3) is 0.440. The largest absolute Gasteiger partial charge is 0.493 e. The quantitative estimate of drug-likeness (QED) is 0.716. The van der Waals surface area contributed by atoms with Gasteiger partial charge in [0.2, 0.25) is 6.79 Å². The summed E-state index contributed by atoms with van der Waals surface area (Å²) in [5.41, 5.74) is 6.44. The summed E-state index contributed by atoms with van der Waals surface area (Å²) in [6.07, 6.45) is 8.48. The van der Waals surface area contributed by atoms with Gasteiger partial charge in [0.1, 0.15) is 0 Å². The number of methoxy groups -OCH3 is 2. The average molecular weight is 405 g/mol. The van der Waals surface area contributed by atoms with Gasteiger partial charge in [0, 0.05) is 23.4 Å². The van der Waals surface area contributed by atoms with Crippen LogP contribution in [-0.4, -0.2) is 32.5 Å². The second-order valence-corrected chi connectivity index (χ2v) is 8.63. The second kappa shape index (κ2) is 6.86. The van der Waals surface area contributed by atoms with Crippen molar-refractivity contribution < 1.29 is 18.9 Å². The van der Waals surface area contributed by atoms with Gasteiger partial charge in [-0.1, -0.05) is 18.9 Å². The van der Waals surface area contributed by atoms with E-state index < -0.39 is 0 Å². The van der Waals surface area contributed by atoms with Gasteiger partial charge in [-0.05, 0) is 60.6 Å². The normalized spacial score (nSPS) is 21.6. The third kappa shape index (κ3) is 2.54. The number of fused-ring (bicyclic) bond motifs is 5. The van der Waals surface area contributed by atoms with Gasteiger partial charge < -0.3 is 23.8 Å². The van der Waals surface area contributed by atoms with Crippen molar-refractivity contribution in [1.82, 2.24) is 4.90 Å². The van der Waals surface area contributed by atoms with Crippen LogP contribution in [0.4, 0.5) is 0 Å². The number of hydrogen-bond acceptors (Lipinski definition) is 5. The molecule has 1 saturated carbocycles. The Morgan fingerprint density at radius 3 is 2.57 bits per heavy atom. The van der Waals surface area contributed by atoms with E-state index in [-0.39, 0.29) is 0 Å². The van der Waals surface area contributed by atoms with Crippen LogP contribution >= 0.6 is 0 Å². The summed E-state index contributed by atoms with van der Waals surface area (Å²) in [4.78, 5) is 2.62. The SMILES string of the molecule is COc1ccc2c(c1OC)[C@H](C1CCCC1)N1CCc3cc4c(cc3C1=C2)OCO4. The minimum atomic E-state index is 0.311. The molecule has 0 saturated heterocycles.